The number of aromatic nitrogens is 2. The summed E-state index contributed by atoms with van der Waals surface area (Å²) in [5, 5.41) is 0. The Bertz CT molecular complexity index is 433. The third-order valence-corrected chi connectivity index (χ3v) is 2.36. The van der Waals surface area contributed by atoms with Gasteiger partial charge in [0.1, 0.15) is 6.61 Å². The SMILES string of the molecule is CCOCCOc1cc(=O)n(CCOCC)c(N)n1. The van der Waals surface area contributed by atoms with Crippen molar-refractivity contribution in [2.75, 3.05) is 38.8 Å². The Morgan fingerprint density at radius 1 is 1.21 bits per heavy atom. The van der Waals surface area contributed by atoms with Gasteiger partial charge in [0.15, 0.2) is 0 Å². The summed E-state index contributed by atoms with van der Waals surface area (Å²) in [5.74, 6) is 0.341. The average molecular weight is 271 g/mol. The van der Waals surface area contributed by atoms with E-state index in [0.29, 0.717) is 39.6 Å². The van der Waals surface area contributed by atoms with Gasteiger partial charge in [-0.05, 0) is 13.8 Å². The molecule has 0 radical (unpaired) electrons. The zero-order chi connectivity index (χ0) is 14.1. The van der Waals surface area contributed by atoms with E-state index in [1.807, 2.05) is 13.8 Å². The average Bonchev–Trinajstić information content (AvgIpc) is 2.38. The summed E-state index contributed by atoms with van der Waals surface area (Å²) in [6, 6.07) is 1.31. The molecule has 108 valence electrons. The molecule has 0 fully saturated rings. The fraction of sp³-hybridized carbons (Fsp3) is 0.667. The zero-order valence-corrected chi connectivity index (χ0v) is 11.4. The fourth-order valence-corrected chi connectivity index (χ4v) is 1.45. The first-order valence-electron chi connectivity index (χ1n) is 6.34. The van der Waals surface area contributed by atoms with Gasteiger partial charge >= 0.3 is 0 Å². The van der Waals surface area contributed by atoms with Crippen LogP contribution in [0.3, 0.4) is 0 Å². The second-order valence-electron chi connectivity index (χ2n) is 3.68. The van der Waals surface area contributed by atoms with Crippen molar-refractivity contribution < 1.29 is 14.2 Å². The molecule has 0 amide bonds. The minimum Gasteiger partial charge on any atom is -0.475 e. The topological polar surface area (TPSA) is 88.6 Å². The highest BCUT2D eigenvalue weighted by Gasteiger charge is 2.06. The van der Waals surface area contributed by atoms with E-state index in [2.05, 4.69) is 4.98 Å². The number of nitrogens with zero attached hydrogens (tertiary/aromatic N) is 2. The molecule has 1 rings (SSSR count). The van der Waals surface area contributed by atoms with Gasteiger partial charge in [-0.1, -0.05) is 0 Å². The lowest BCUT2D eigenvalue weighted by Gasteiger charge is -2.10. The van der Waals surface area contributed by atoms with Gasteiger partial charge in [0.25, 0.3) is 5.56 Å². The number of hydrogen-bond acceptors (Lipinski definition) is 6. The van der Waals surface area contributed by atoms with Crippen LogP contribution in [0, 0.1) is 0 Å². The van der Waals surface area contributed by atoms with Crippen LogP contribution in [0.15, 0.2) is 10.9 Å². The van der Waals surface area contributed by atoms with Crippen LogP contribution in [0.5, 0.6) is 5.88 Å². The maximum Gasteiger partial charge on any atom is 0.258 e. The number of ether oxygens (including phenoxy) is 3. The first-order valence-corrected chi connectivity index (χ1v) is 6.34. The lowest BCUT2D eigenvalue weighted by atomic mass is 10.5. The lowest BCUT2D eigenvalue weighted by molar-refractivity contribution is 0.108. The van der Waals surface area contributed by atoms with Crippen molar-refractivity contribution >= 4 is 5.95 Å². The molecule has 1 aromatic rings. The van der Waals surface area contributed by atoms with Crippen LogP contribution in [-0.4, -0.2) is 42.6 Å². The molecular formula is C12H21N3O4. The van der Waals surface area contributed by atoms with Gasteiger partial charge in [-0.25, -0.2) is 0 Å². The van der Waals surface area contributed by atoms with Gasteiger partial charge < -0.3 is 19.9 Å². The van der Waals surface area contributed by atoms with E-state index in [1.54, 1.807) is 0 Å². The molecule has 19 heavy (non-hydrogen) atoms. The fourth-order valence-electron chi connectivity index (χ4n) is 1.45. The van der Waals surface area contributed by atoms with Crippen LogP contribution in [0.2, 0.25) is 0 Å². The lowest BCUT2D eigenvalue weighted by Crippen LogP contribution is -2.26. The summed E-state index contributed by atoms with van der Waals surface area (Å²) in [4.78, 5) is 15.8. The first-order chi connectivity index (χ1) is 9.19. The van der Waals surface area contributed by atoms with E-state index in [1.165, 1.54) is 10.6 Å². The Balaban J connectivity index is 2.60. The maximum absolute atomic E-state index is 11.8. The smallest absolute Gasteiger partial charge is 0.258 e. The Hall–Kier alpha value is -1.60. The van der Waals surface area contributed by atoms with Gasteiger partial charge in [-0.15, -0.1) is 0 Å². The van der Waals surface area contributed by atoms with Crippen molar-refractivity contribution in [2.24, 2.45) is 0 Å². The van der Waals surface area contributed by atoms with E-state index >= 15 is 0 Å². The van der Waals surface area contributed by atoms with E-state index < -0.39 is 0 Å². The monoisotopic (exact) mass is 271 g/mol. The summed E-state index contributed by atoms with van der Waals surface area (Å²) >= 11 is 0. The second kappa shape index (κ2) is 8.49. The number of nitrogen functional groups attached to an aromatic ring is 1. The molecule has 0 aliphatic carbocycles. The minimum atomic E-state index is -0.251. The van der Waals surface area contributed by atoms with Crippen molar-refractivity contribution in [3.63, 3.8) is 0 Å². The third-order valence-electron chi connectivity index (χ3n) is 2.36. The zero-order valence-electron chi connectivity index (χ0n) is 11.4. The van der Waals surface area contributed by atoms with Gasteiger partial charge in [0, 0.05) is 13.2 Å². The number of nitrogens with two attached hydrogens (primary N) is 1. The molecule has 0 spiro atoms. The summed E-state index contributed by atoms with van der Waals surface area (Å²) < 4.78 is 16.9. The molecular weight excluding hydrogens is 250 g/mol. The molecule has 0 bridgehead atoms. The van der Waals surface area contributed by atoms with E-state index in [4.69, 9.17) is 19.9 Å². The normalized spacial score (nSPS) is 10.6. The van der Waals surface area contributed by atoms with Crippen LogP contribution >= 0.6 is 0 Å². The molecule has 0 unspecified atom stereocenters. The number of hydrogen-bond donors (Lipinski definition) is 1. The summed E-state index contributed by atoms with van der Waals surface area (Å²) in [7, 11) is 0. The Labute approximate surface area is 112 Å². The van der Waals surface area contributed by atoms with Crippen LogP contribution in [0.4, 0.5) is 5.95 Å². The predicted octanol–water partition coefficient (Wildman–Crippen LogP) is 0.277. The van der Waals surface area contributed by atoms with Crippen molar-refractivity contribution in [3.8, 4) is 5.88 Å². The highest BCUT2D eigenvalue weighted by molar-refractivity contribution is 5.23. The molecule has 0 atom stereocenters. The molecule has 0 saturated carbocycles. The molecule has 0 saturated heterocycles. The Morgan fingerprint density at radius 3 is 2.53 bits per heavy atom. The highest BCUT2D eigenvalue weighted by Crippen LogP contribution is 2.05. The second-order valence-corrected chi connectivity index (χ2v) is 3.68. The van der Waals surface area contributed by atoms with Gasteiger partial charge in [0.05, 0.1) is 25.8 Å². The molecule has 7 nitrogen and oxygen atoms in total. The van der Waals surface area contributed by atoms with Crippen molar-refractivity contribution in [2.45, 2.75) is 20.4 Å². The first kappa shape index (κ1) is 15.5. The quantitative estimate of drug-likeness (QED) is 0.649. The third kappa shape index (κ3) is 5.27. The Morgan fingerprint density at radius 2 is 1.89 bits per heavy atom. The highest BCUT2D eigenvalue weighted by atomic mass is 16.5. The largest absolute Gasteiger partial charge is 0.475 e. The van der Waals surface area contributed by atoms with Crippen LogP contribution in [0.1, 0.15) is 13.8 Å². The van der Waals surface area contributed by atoms with E-state index in [-0.39, 0.29) is 17.4 Å². The molecule has 7 heteroatoms. The van der Waals surface area contributed by atoms with Crippen molar-refractivity contribution in [1.82, 2.24) is 9.55 Å². The Kier molecular flexibility index (Phi) is 6.91. The van der Waals surface area contributed by atoms with Crippen molar-refractivity contribution in [3.05, 3.63) is 16.4 Å². The van der Waals surface area contributed by atoms with Crippen LogP contribution < -0.4 is 16.0 Å². The van der Waals surface area contributed by atoms with E-state index in [0.717, 1.165) is 0 Å². The standard InChI is InChI=1S/C12H21N3O4/c1-3-17-6-5-15-11(16)9-10(14-12(15)13)19-8-7-18-4-2/h9H,3-8H2,1-2H3,(H2,13,14). The van der Waals surface area contributed by atoms with E-state index in [9.17, 15) is 4.79 Å². The summed E-state index contributed by atoms with van der Waals surface area (Å²) in [6.07, 6.45) is 0. The molecule has 1 heterocycles. The summed E-state index contributed by atoms with van der Waals surface area (Å²) in [5.41, 5.74) is 5.47. The number of rotatable bonds is 9. The van der Waals surface area contributed by atoms with Crippen molar-refractivity contribution in [1.29, 1.82) is 0 Å². The van der Waals surface area contributed by atoms with Gasteiger partial charge in [0.2, 0.25) is 11.8 Å². The number of anilines is 1. The van der Waals surface area contributed by atoms with Crippen LogP contribution in [-0.2, 0) is 16.0 Å². The van der Waals surface area contributed by atoms with Gasteiger partial charge in [-0.2, -0.15) is 4.98 Å². The van der Waals surface area contributed by atoms with Gasteiger partial charge in [-0.3, -0.25) is 9.36 Å². The molecule has 2 N–H and O–H groups in total. The predicted molar refractivity (Wildman–Crippen MR) is 71.4 cm³/mol. The molecule has 0 aliphatic heterocycles. The summed E-state index contributed by atoms with van der Waals surface area (Å²) in [6.45, 7) is 6.60. The maximum atomic E-state index is 11.8. The molecule has 1 aromatic heterocycles. The molecule has 0 aliphatic rings. The minimum absolute atomic E-state index is 0.124. The van der Waals surface area contributed by atoms with Crippen LogP contribution in [0.25, 0.3) is 0 Å². The molecule has 0 aromatic carbocycles.